The summed E-state index contributed by atoms with van der Waals surface area (Å²) in [4.78, 5) is 13.1. The van der Waals surface area contributed by atoms with Crippen LogP contribution in [0.15, 0.2) is 24.3 Å². The summed E-state index contributed by atoms with van der Waals surface area (Å²) in [5, 5.41) is 0. The third-order valence-corrected chi connectivity index (χ3v) is 2.84. The first-order chi connectivity index (χ1) is 8.17. The molecular formula is C13H21N3O. The molecule has 0 spiro atoms. The molecule has 1 rings (SSSR count). The number of hydrogen-bond donors (Lipinski definition) is 2. The highest BCUT2D eigenvalue weighted by Gasteiger charge is 2.03. The quantitative estimate of drug-likeness (QED) is 0.446. The van der Waals surface area contributed by atoms with E-state index in [0.29, 0.717) is 6.42 Å². The number of hydrazine groups is 1. The predicted octanol–water partition coefficient (Wildman–Crippen LogP) is 1.46. The molecule has 3 N–H and O–H groups in total. The number of hydrogen-bond acceptors (Lipinski definition) is 3. The molecule has 0 radical (unpaired) electrons. The lowest BCUT2D eigenvalue weighted by atomic mass is 10.1. The average molecular weight is 235 g/mol. The second-order valence-corrected chi connectivity index (χ2v) is 4.11. The molecule has 0 aliphatic carbocycles. The normalized spacial score (nSPS) is 10.1. The number of nitrogens with one attached hydrogen (secondary N) is 1. The van der Waals surface area contributed by atoms with Crippen molar-refractivity contribution in [3.8, 4) is 0 Å². The first-order valence-electron chi connectivity index (χ1n) is 5.97. The minimum atomic E-state index is -0.111. The summed E-state index contributed by atoms with van der Waals surface area (Å²) >= 11 is 0. The molecule has 0 aromatic heterocycles. The van der Waals surface area contributed by atoms with E-state index in [1.165, 1.54) is 11.3 Å². The van der Waals surface area contributed by atoms with E-state index in [-0.39, 0.29) is 5.91 Å². The summed E-state index contributed by atoms with van der Waals surface area (Å²) in [5.41, 5.74) is 4.65. The van der Waals surface area contributed by atoms with Crippen molar-refractivity contribution in [3.63, 3.8) is 0 Å². The molecule has 1 aromatic carbocycles. The van der Waals surface area contributed by atoms with Crippen LogP contribution in [0.2, 0.25) is 0 Å². The number of amides is 1. The fraction of sp³-hybridized carbons (Fsp3) is 0.462. The van der Waals surface area contributed by atoms with E-state index >= 15 is 0 Å². The predicted molar refractivity (Wildman–Crippen MR) is 70.7 cm³/mol. The lowest BCUT2D eigenvalue weighted by Crippen LogP contribution is -2.30. The highest BCUT2D eigenvalue weighted by atomic mass is 16.2. The molecule has 0 saturated heterocycles. The Morgan fingerprint density at radius 3 is 2.53 bits per heavy atom. The molecular weight excluding hydrogens is 214 g/mol. The van der Waals surface area contributed by atoms with Crippen molar-refractivity contribution in [2.24, 2.45) is 5.84 Å². The summed E-state index contributed by atoms with van der Waals surface area (Å²) in [5.74, 6) is 4.91. The van der Waals surface area contributed by atoms with E-state index in [4.69, 9.17) is 5.84 Å². The lowest BCUT2D eigenvalue weighted by Gasteiger charge is -2.19. The summed E-state index contributed by atoms with van der Waals surface area (Å²) in [6.07, 6.45) is 2.32. The van der Waals surface area contributed by atoms with Gasteiger partial charge in [0.25, 0.3) is 0 Å². The number of carbonyl (C=O) groups is 1. The Balaban J connectivity index is 2.40. The van der Waals surface area contributed by atoms with Gasteiger partial charge in [-0.15, -0.1) is 0 Å². The molecule has 1 aromatic rings. The maximum Gasteiger partial charge on any atom is 0.233 e. The van der Waals surface area contributed by atoms with Gasteiger partial charge in [-0.1, -0.05) is 19.1 Å². The van der Waals surface area contributed by atoms with Crippen LogP contribution in [0.3, 0.4) is 0 Å². The van der Waals surface area contributed by atoms with E-state index in [2.05, 4.69) is 41.5 Å². The monoisotopic (exact) mass is 235 g/mol. The average Bonchev–Trinajstić information content (AvgIpc) is 2.38. The molecule has 0 heterocycles. The molecule has 4 heteroatoms. The van der Waals surface area contributed by atoms with Gasteiger partial charge in [-0.3, -0.25) is 10.2 Å². The smallest absolute Gasteiger partial charge is 0.233 e. The number of anilines is 1. The van der Waals surface area contributed by atoms with Gasteiger partial charge in [-0.05, 0) is 30.5 Å². The Morgan fingerprint density at radius 1 is 1.35 bits per heavy atom. The lowest BCUT2D eigenvalue weighted by molar-refractivity contribution is -0.121. The fourth-order valence-electron chi connectivity index (χ4n) is 1.66. The molecule has 1 amide bonds. The van der Waals surface area contributed by atoms with Crippen LogP contribution in [0.25, 0.3) is 0 Å². The Morgan fingerprint density at radius 2 is 2.00 bits per heavy atom. The fourth-order valence-corrected chi connectivity index (χ4v) is 1.66. The zero-order valence-corrected chi connectivity index (χ0v) is 10.6. The summed E-state index contributed by atoms with van der Waals surface area (Å²) < 4.78 is 0. The Hall–Kier alpha value is -1.55. The van der Waals surface area contributed by atoms with Gasteiger partial charge in [0.2, 0.25) is 5.91 Å². The molecule has 0 saturated carbocycles. The zero-order valence-electron chi connectivity index (χ0n) is 10.6. The van der Waals surface area contributed by atoms with E-state index in [9.17, 15) is 4.79 Å². The van der Waals surface area contributed by atoms with Gasteiger partial charge < -0.3 is 4.90 Å². The van der Waals surface area contributed by atoms with Gasteiger partial charge in [0, 0.05) is 25.7 Å². The van der Waals surface area contributed by atoms with E-state index in [1.54, 1.807) is 0 Å². The molecule has 0 bridgehead atoms. The SMILES string of the molecule is CCc1ccc(N(C)CCCC(=O)NN)cc1. The third-order valence-electron chi connectivity index (χ3n) is 2.84. The van der Waals surface area contributed by atoms with Gasteiger partial charge in [0.15, 0.2) is 0 Å². The van der Waals surface area contributed by atoms with Crippen molar-refractivity contribution in [1.29, 1.82) is 0 Å². The van der Waals surface area contributed by atoms with Crippen molar-refractivity contribution >= 4 is 11.6 Å². The number of benzene rings is 1. The van der Waals surface area contributed by atoms with Crippen molar-refractivity contribution in [2.75, 3.05) is 18.5 Å². The summed E-state index contributed by atoms with van der Waals surface area (Å²) in [7, 11) is 2.03. The highest BCUT2D eigenvalue weighted by Crippen LogP contribution is 2.14. The Kier molecular flexibility index (Phi) is 5.49. The van der Waals surface area contributed by atoms with Crippen LogP contribution in [0.4, 0.5) is 5.69 Å². The largest absolute Gasteiger partial charge is 0.375 e. The first kappa shape index (κ1) is 13.5. The maximum atomic E-state index is 11.0. The van der Waals surface area contributed by atoms with Crippen molar-refractivity contribution in [3.05, 3.63) is 29.8 Å². The minimum Gasteiger partial charge on any atom is -0.375 e. The van der Waals surface area contributed by atoms with E-state index in [0.717, 1.165) is 19.4 Å². The number of nitrogens with zero attached hydrogens (tertiary/aromatic N) is 1. The number of aryl methyl sites for hydroxylation is 1. The Labute approximate surface area is 103 Å². The van der Waals surface area contributed by atoms with Crippen molar-refractivity contribution < 1.29 is 4.79 Å². The number of rotatable bonds is 6. The van der Waals surface area contributed by atoms with Gasteiger partial charge >= 0.3 is 0 Å². The summed E-state index contributed by atoms with van der Waals surface area (Å²) in [6.45, 7) is 2.99. The van der Waals surface area contributed by atoms with Gasteiger partial charge in [-0.2, -0.15) is 0 Å². The molecule has 0 unspecified atom stereocenters. The second-order valence-electron chi connectivity index (χ2n) is 4.11. The van der Waals surface area contributed by atoms with Gasteiger partial charge in [0.1, 0.15) is 0 Å². The molecule has 4 nitrogen and oxygen atoms in total. The van der Waals surface area contributed by atoms with Crippen LogP contribution < -0.4 is 16.2 Å². The van der Waals surface area contributed by atoms with E-state index in [1.807, 2.05) is 7.05 Å². The molecule has 0 aliphatic rings. The molecule has 94 valence electrons. The molecule has 17 heavy (non-hydrogen) atoms. The molecule has 0 aliphatic heterocycles. The second kappa shape index (κ2) is 6.91. The first-order valence-corrected chi connectivity index (χ1v) is 5.97. The highest BCUT2D eigenvalue weighted by molar-refractivity contribution is 5.75. The minimum absolute atomic E-state index is 0.111. The van der Waals surface area contributed by atoms with Crippen molar-refractivity contribution in [1.82, 2.24) is 5.43 Å². The third kappa shape index (κ3) is 4.44. The topological polar surface area (TPSA) is 58.4 Å². The van der Waals surface area contributed by atoms with Crippen molar-refractivity contribution in [2.45, 2.75) is 26.2 Å². The number of nitrogens with two attached hydrogens (primary N) is 1. The van der Waals surface area contributed by atoms with E-state index < -0.39 is 0 Å². The van der Waals surface area contributed by atoms with Crippen LogP contribution in [0, 0.1) is 0 Å². The van der Waals surface area contributed by atoms with Crippen LogP contribution in [-0.4, -0.2) is 19.5 Å². The van der Waals surface area contributed by atoms with Gasteiger partial charge in [-0.25, -0.2) is 5.84 Å². The maximum absolute atomic E-state index is 11.0. The van der Waals surface area contributed by atoms with Crippen LogP contribution >= 0.6 is 0 Å². The van der Waals surface area contributed by atoms with Crippen LogP contribution in [0.5, 0.6) is 0 Å². The van der Waals surface area contributed by atoms with Gasteiger partial charge in [0.05, 0.1) is 0 Å². The summed E-state index contributed by atoms with van der Waals surface area (Å²) in [6, 6.07) is 8.50. The number of carbonyl (C=O) groups excluding carboxylic acids is 1. The van der Waals surface area contributed by atoms with Crippen LogP contribution in [-0.2, 0) is 11.2 Å². The van der Waals surface area contributed by atoms with Crippen LogP contribution in [0.1, 0.15) is 25.3 Å². The Bertz CT molecular complexity index is 348. The molecule has 0 atom stereocenters. The molecule has 0 fully saturated rings. The zero-order chi connectivity index (χ0) is 12.7. The standard InChI is InChI=1S/C13H21N3O/c1-3-11-6-8-12(9-7-11)16(2)10-4-5-13(17)15-14/h6-9H,3-5,10,14H2,1-2H3,(H,15,17).